The van der Waals surface area contributed by atoms with Crippen molar-refractivity contribution >= 4 is 17.5 Å². The molecule has 0 saturated carbocycles. The van der Waals surface area contributed by atoms with E-state index in [0.29, 0.717) is 17.8 Å². The van der Waals surface area contributed by atoms with E-state index in [1.807, 2.05) is 19.9 Å². The van der Waals surface area contributed by atoms with Gasteiger partial charge in [0.25, 0.3) is 5.91 Å². The highest BCUT2D eigenvalue weighted by molar-refractivity contribution is 5.98. The molecule has 0 aliphatic rings. The number of hydrogen-bond acceptors (Lipinski definition) is 3. The molecule has 5 nitrogen and oxygen atoms in total. The van der Waals surface area contributed by atoms with Crippen molar-refractivity contribution in [2.24, 2.45) is 11.7 Å². The van der Waals surface area contributed by atoms with Crippen LogP contribution >= 0.6 is 0 Å². The van der Waals surface area contributed by atoms with E-state index in [0.717, 1.165) is 18.4 Å². The SMILES string of the molecule is CNC(=O)c1ccc(C)c(NC(=O)C(C)CCCN)c1. The summed E-state index contributed by atoms with van der Waals surface area (Å²) in [5.41, 5.74) is 7.58. The fraction of sp³-hybridized carbons (Fsp3) is 0.467. The fourth-order valence-corrected chi connectivity index (χ4v) is 1.85. The molecule has 2 amide bonds. The molecule has 1 aromatic rings. The lowest BCUT2D eigenvalue weighted by Crippen LogP contribution is -2.22. The van der Waals surface area contributed by atoms with Gasteiger partial charge in [0.15, 0.2) is 0 Å². The number of rotatable bonds is 6. The largest absolute Gasteiger partial charge is 0.355 e. The Bertz CT molecular complexity index is 486. The van der Waals surface area contributed by atoms with Gasteiger partial charge < -0.3 is 16.4 Å². The van der Waals surface area contributed by atoms with Gasteiger partial charge in [-0.3, -0.25) is 9.59 Å². The number of amides is 2. The van der Waals surface area contributed by atoms with E-state index in [9.17, 15) is 9.59 Å². The third-order valence-electron chi connectivity index (χ3n) is 3.27. The molecular formula is C15H23N3O2. The first kappa shape index (κ1) is 16.2. The molecule has 5 heteroatoms. The molecule has 1 rings (SSSR count). The van der Waals surface area contributed by atoms with Gasteiger partial charge >= 0.3 is 0 Å². The van der Waals surface area contributed by atoms with Crippen molar-refractivity contribution in [2.75, 3.05) is 18.9 Å². The van der Waals surface area contributed by atoms with Crippen LogP contribution in [0.3, 0.4) is 0 Å². The molecular weight excluding hydrogens is 254 g/mol. The molecule has 0 aliphatic carbocycles. The van der Waals surface area contributed by atoms with Gasteiger partial charge in [-0.15, -0.1) is 0 Å². The average Bonchev–Trinajstić information content (AvgIpc) is 2.45. The van der Waals surface area contributed by atoms with Crippen molar-refractivity contribution in [2.45, 2.75) is 26.7 Å². The van der Waals surface area contributed by atoms with E-state index in [-0.39, 0.29) is 17.7 Å². The van der Waals surface area contributed by atoms with Crippen molar-refractivity contribution < 1.29 is 9.59 Å². The van der Waals surface area contributed by atoms with Crippen molar-refractivity contribution in [3.63, 3.8) is 0 Å². The first-order chi connectivity index (χ1) is 9.49. The van der Waals surface area contributed by atoms with Gasteiger partial charge in [0.2, 0.25) is 5.91 Å². The van der Waals surface area contributed by atoms with Gasteiger partial charge in [-0.1, -0.05) is 13.0 Å². The molecule has 1 aromatic carbocycles. The Morgan fingerprint density at radius 3 is 2.65 bits per heavy atom. The fourth-order valence-electron chi connectivity index (χ4n) is 1.85. The lowest BCUT2D eigenvalue weighted by atomic mass is 10.0. The number of aryl methyl sites for hydroxylation is 1. The maximum Gasteiger partial charge on any atom is 0.251 e. The second-order valence-corrected chi connectivity index (χ2v) is 4.93. The highest BCUT2D eigenvalue weighted by atomic mass is 16.2. The van der Waals surface area contributed by atoms with Crippen LogP contribution in [0.1, 0.15) is 35.7 Å². The second-order valence-electron chi connectivity index (χ2n) is 4.93. The minimum absolute atomic E-state index is 0.0457. The van der Waals surface area contributed by atoms with Gasteiger partial charge in [-0.2, -0.15) is 0 Å². The third-order valence-corrected chi connectivity index (χ3v) is 3.27. The van der Waals surface area contributed by atoms with Gasteiger partial charge in [0, 0.05) is 24.2 Å². The van der Waals surface area contributed by atoms with Gasteiger partial charge in [0.1, 0.15) is 0 Å². The van der Waals surface area contributed by atoms with E-state index in [4.69, 9.17) is 5.73 Å². The molecule has 20 heavy (non-hydrogen) atoms. The number of nitrogens with two attached hydrogens (primary N) is 1. The molecule has 4 N–H and O–H groups in total. The Hall–Kier alpha value is -1.88. The summed E-state index contributed by atoms with van der Waals surface area (Å²) in [7, 11) is 1.58. The van der Waals surface area contributed by atoms with E-state index >= 15 is 0 Å². The van der Waals surface area contributed by atoms with Crippen molar-refractivity contribution in [1.29, 1.82) is 0 Å². The molecule has 1 unspecified atom stereocenters. The first-order valence-electron chi connectivity index (χ1n) is 6.83. The molecule has 1 atom stereocenters. The van der Waals surface area contributed by atoms with Crippen LogP contribution in [0, 0.1) is 12.8 Å². The number of hydrogen-bond donors (Lipinski definition) is 3. The third kappa shape index (κ3) is 4.35. The molecule has 0 aliphatic heterocycles. The van der Waals surface area contributed by atoms with Crippen LogP contribution in [-0.4, -0.2) is 25.4 Å². The molecule has 0 saturated heterocycles. The summed E-state index contributed by atoms with van der Waals surface area (Å²) in [4.78, 5) is 23.7. The van der Waals surface area contributed by atoms with E-state index in [1.54, 1.807) is 19.2 Å². The van der Waals surface area contributed by atoms with Crippen molar-refractivity contribution in [3.8, 4) is 0 Å². The molecule has 0 fully saturated rings. The first-order valence-corrected chi connectivity index (χ1v) is 6.83. The molecule has 0 bridgehead atoms. The number of benzene rings is 1. The summed E-state index contributed by atoms with van der Waals surface area (Å²) < 4.78 is 0. The molecule has 0 radical (unpaired) electrons. The van der Waals surface area contributed by atoms with Crippen molar-refractivity contribution in [3.05, 3.63) is 29.3 Å². The maximum atomic E-state index is 12.1. The second kappa shape index (κ2) is 7.65. The minimum atomic E-state index is -0.170. The summed E-state index contributed by atoms with van der Waals surface area (Å²) in [6.45, 7) is 4.36. The molecule has 110 valence electrons. The zero-order valence-corrected chi connectivity index (χ0v) is 12.3. The number of carbonyl (C=O) groups excluding carboxylic acids is 2. The van der Waals surface area contributed by atoms with E-state index in [2.05, 4.69) is 10.6 Å². The topological polar surface area (TPSA) is 84.2 Å². The number of carbonyl (C=O) groups is 2. The highest BCUT2D eigenvalue weighted by Gasteiger charge is 2.14. The minimum Gasteiger partial charge on any atom is -0.355 e. The normalized spacial score (nSPS) is 11.8. The predicted molar refractivity (Wildman–Crippen MR) is 80.7 cm³/mol. The molecule has 0 spiro atoms. The zero-order chi connectivity index (χ0) is 15.1. The molecule has 0 aromatic heterocycles. The summed E-state index contributed by atoms with van der Waals surface area (Å²) in [5, 5.41) is 5.44. The lowest BCUT2D eigenvalue weighted by Gasteiger charge is -2.14. The quantitative estimate of drug-likeness (QED) is 0.739. The van der Waals surface area contributed by atoms with Gasteiger partial charge in [0.05, 0.1) is 0 Å². The van der Waals surface area contributed by atoms with E-state index < -0.39 is 0 Å². The summed E-state index contributed by atoms with van der Waals surface area (Å²) >= 11 is 0. The van der Waals surface area contributed by atoms with Crippen LogP contribution in [0.2, 0.25) is 0 Å². The zero-order valence-electron chi connectivity index (χ0n) is 12.3. The Morgan fingerprint density at radius 1 is 1.35 bits per heavy atom. The van der Waals surface area contributed by atoms with Gasteiger partial charge in [-0.05, 0) is 44.0 Å². The highest BCUT2D eigenvalue weighted by Crippen LogP contribution is 2.18. The Kier molecular flexibility index (Phi) is 6.18. The van der Waals surface area contributed by atoms with Crippen molar-refractivity contribution in [1.82, 2.24) is 5.32 Å². The lowest BCUT2D eigenvalue weighted by molar-refractivity contribution is -0.119. The van der Waals surface area contributed by atoms with Crippen LogP contribution in [0.15, 0.2) is 18.2 Å². The monoisotopic (exact) mass is 277 g/mol. The van der Waals surface area contributed by atoms with Crippen LogP contribution in [-0.2, 0) is 4.79 Å². The van der Waals surface area contributed by atoms with Crippen LogP contribution in [0.4, 0.5) is 5.69 Å². The van der Waals surface area contributed by atoms with E-state index in [1.165, 1.54) is 0 Å². The summed E-state index contributed by atoms with van der Waals surface area (Å²) in [5.74, 6) is -0.311. The Balaban J connectivity index is 2.80. The number of anilines is 1. The average molecular weight is 277 g/mol. The Labute approximate surface area is 119 Å². The van der Waals surface area contributed by atoms with Crippen LogP contribution in [0.5, 0.6) is 0 Å². The molecule has 0 heterocycles. The van der Waals surface area contributed by atoms with Crippen LogP contribution in [0.25, 0.3) is 0 Å². The standard InChI is InChI=1S/C15H23N3O2/c1-10-6-7-12(15(20)17-3)9-13(10)18-14(19)11(2)5-4-8-16/h6-7,9,11H,4-5,8,16H2,1-3H3,(H,17,20)(H,18,19). The smallest absolute Gasteiger partial charge is 0.251 e. The summed E-state index contributed by atoms with van der Waals surface area (Å²) in [6.07, 6.45) is 1.59. The number of nitrogens with one attached hydrogen (secondary N) is 2. The Morgan fingerprint density at radius 2 is 2.05 bits per heavy atom. The van der Waals surface area contributed by atoms with Gasteiger partial charge in [-0.25, -0.2) is 0 Å². The maximum absolute atomic E-state index is 12.1. The van der Waals surface area contributed by atoms with Crippen LogP contribution < -0.4 is 16.4 Å². The predicted octanol–water partition coefficient (Wildman–Crippen LogP) is 1.67. The summed E-state index contributed by atoms with van der Waals surface area (Å²) in [6, 6.07) is 5.26.